The summed E-state index contributed by atoms with van der Waals surface area (Å²) in [4.78, 5) is 12.2. The van der Waals surface area contributed by atoms with E-state index in [2.05, 4.69) is 16.7 Å². The zero-order valence-corrected chi connectivity index (χ0v) is 19.1. The largest absolute Gasteiger partial charge is 0.381 e. The summed E-state index contributed by atoms with van der Waals surface area (Å²) < 4.78 is 14.9. The molecule has 4 heteroatoms. The fourth-order valence-electron chi connectivity index (χ4n) is 3.18. The molecule has 2 N–H and O–H groups in total. The number of amides is 1. The standard InChI is InChI=1S/C26H33FN2O/c1-16(2)10-11-28-22-8-9-23(25(27)15-22)24-14-18(5)21(12-19(24)6)13-20(7)26(30)29-17(3)4/h8-10,12-15,17,28H,11H2,1-7H3,(H,29,30)/b20-13+. The van der Waals surface area contributed by atoms with Crippen LogP contribution in [0.5, 0.6) is 0 Å². The van der Waals surface area contributed by atoms with Crippen molar-refractivity contribution in [2.75, 3.05) is 11.9 Å². The van der Waals surface area contributed by atoms with Gasteiger partial charge in [0.15, 0.2) is 0 Å². The summed E-state index contributed by atoms with van der Waals surface area (Å²) >= 11 is 0. The van der Waals surface area contributed by atoms with Crippen LogP contribution in [0.1, 0.15) is 51.3 Å². The predicted molar refractivity (Wildman–Crippen MR) is 126 cm³/mol. The number of aryl methyl sites for hydroxylation is 2. The average molecular weight is 409 g/mol. The van der Waals surface area contributed by atoms with Gasteiger partial charge in [-0.25, -0.2) is 4.39 Å². The minimum absolute atomic E-state index is 0.0756. The molecule has 0 unspecified atom stereocenters. The number of carbonyl (C=O) groups excluding carboxylic acids is 1. The van der Waals surface area contributed by atoms with Crippen LogP contribution >= 0.6 is 0 Å². The Morgan fingerprint density at radius 2 is 1.73 bits per heavy atom. The van der Waals surface area contributed by atoms with Crippen LogP contribution in [0.3, 0.4) is 0 Å². The van der Waals surface area contributed by atoms with Gasteiger partial charge in [0.2, 0.25) is 5.91 Å². The molecule has 1 amide bonds. The summed E-state index contributed by atoms with van der Waals surface area (Å²) in [7, 11) is 0. The van der Waals surface area contributed by atoms with Gasteiger partial charge in [-0.1, -0.05) is 23.8 Å². The Morgan fingerprint density at radius 3 is 2.33 bits per heavy atom. The zero-order chi connectivity index (χ0) is 22.4. The van der Waals surface area contributed by atoms with Gasteiger partial charge >= 0.3 is 0 Å². The Hall–Kier alpha value is -2.88. The fraction of sp³-hybridized carbons (Fsp3) is 0.346. The number of halogens is 1. The molecule has 0 bridgehead atoms. The summed E-state index contributed by atoms with van der Waals surface area (Å²) in [5.41, 5.74) is 7.00. The molecule has 0 saturated heterocycles. The van der Waals surface area contributed by atoms with E-state index in [4.69, 9.17) is 0 Å². The van der Waals surface area contributed by atoms with Crippen molar-refractivity contribution >= 4 is 17.7 Å². The molecule has 0 atom stereocenters. The molecule has 2 aromatic carbocycles. The lowest BCUT2D eigenvalue weighted by Gasteiger charge is -2.14. The second kappa shape index (κ2) is 10.2. The number of allylic oxidation sites excluding steroid dienone is 1. The van der Waals surface area contributed by atoms with Crippen molar-refractivity contribution < 1.29 is 9.18 Å². The molecule has 160 valence electrons. The maximum absolute atomic E-state index is 14.9. The second-order valence-electron chi connectivity index (χ2n) is 8.34. The van der Waals surface area contributed by atoms with E-state index in [0.29, 0.717) is 17.7 Å². The van der Waals surface area contributed by atoms with Gasteiger partial charge in [0.25, 0.3) is 0 Å². The SMILES string of the molecule is CC(C)=CCNc1ccc(-c2cc(C)c(/C=C(\C)C(=O)NC(C)C)cc2C)c(F)c1. The highest BCUT2D eigenvalue weighted by Gasteiger charge is 2.12. The lowest BCUT2D eigenvalue weighted by Crippen LogP contribution is -2.30. The van der Waals surface area contributed by atoms with Crippen LogP contribution in [0.4, 0.5) is 10.1 Å². The normalized spacial score (nSPS) is 11.4. The molecule has 0 fully saturated rings. The monoisotopic (exact) mass is 408 g/mol. The molecule has 0 aromatic heterocycles. The van der Waals surface area contributed by atoms with Gasteiger partial charge < -0.3 is 10.6 Å². The van der Waals surface area contributed by atoms with E-state index >= 15 is 0 Å². The van der Waals surface area contributed by atoms with E-state index in [-0.39, 0.29) is 17.8 Å². The Morgan fingerprint density at radius 1 is 1.03 bits per heavy atom. The average Bonchev–Trinajstić information content (AvgIpc) is 2.64. The predicted octanol–water partition coefficient (Wildman–Crippen LogP) is 6.42. The number of anilines is 1. The van der Waals surface area contributed by atoms with Gasteiger partial charge in [0.1, 0.15) is 5.82 Å². The Balaban J connectivity index is 2.31. The minimum Gasteiger partial charge on any atom is -0.381 e. The quantitative estimate of drug-likeness (QED) is 0.410. The number of nitrogens with one attached hydrogen (secondary N) is 2. The number of hydrogen-bond acceptors (Lipinski definition) is 2. The van der Waals surface area contributed by atoms with Crippen molar-refractivity contribution in [2.24, 2.45) is 0 Å². The van der Waals surface area contributed by atoms with E-state index in [9.17, 15) is 9.18 Å². The smallest absolute Gasteiger partial charge is 0.247 e. The molecule has 2 rings (SSSR count). The minimum atomic E-state index is -0.254. The molecular formula is C26H33FN2O. The van der Waals surface area contributed by atoms with E-state index in [0.717, 1.165) is 27.9 Å². The van der Waals surface area contributed by atoms with Crippen LogP contribution in [-0.4, -0.2) is 18.5 Å². The third kappa shape index (κ3) is 6.31. The molecule has 0 saturated carbocycles. The van der Waals surface area contributed by atoms with Crippen molar-refractivity contribution in [3.63, 3.8) is 0 Å². The summed E-state index contributed by atoms with van der Waals surface area (Å²) in [6.45, 7) is 14.4. The molecule has 0 aliphatic carbocycles. The van der Waals surface area contributed by atoms with Crippen molar-refractivity contribution in [3.8, 4) is 11.1 Å². The Kier molecular flexibility index (Phi) is 7.99. The van der Waals surface area contributed by atoms with Crippen LogP contribution in [0, 0.1) is 19.7 Å². The summed E-state index contributed by atoms with van der Waals surface area (Å²) in [5.74, 6) is -0.330. The highest BCUT2D eigenvalue weighted by Crippen LogP contribution is 2.31. The summed E-state index contributed by atoms with van der Waals surface area (Å²) in [5, 5.41) is 6.12. The van der Waals surface area contributed by atoms with Gasteiger partial charge in [-0.2, -0.15) is 0 Å². The third-order valence-electron chi connectivity index (χ3n) is 4.84. The molecular weight excluding hydrogens is 375 g/mol. The zero-order valence-electron chi connectivity index (χ0n) is 19.1. The first kappa shape index (κ1) is 23.4. The lowest BCUT2D eigenvalue weighted by atomic mass is 9.93. The molecule has 0 spiro atoms. The van der Waals surface area contributed by atoms with Gasteiger partial charge in [0.05, 0.1) is 0 Å². The van der Waals surface area contributed by atoms with Crippen molar-refractivity contribution in [1.29, 1.82) is 0 Å². The van der Waals surface area contributed by atoms with Crippen LogP contribution in [0.15, 0.2) is 47.6 Å². The number of benzene rings is 2. The Labute approximate surface area is 180 Å². The van der Waals surface area contributed by atoms with Gasteiger partial charge in [-0.05, 0) is 95.0 Å². The van der Waals surface area contributed by atoms with Crippen molar-refractivity contribution in [1.82, 2.24) is 5.32 Å². The van der Waals surface area contributed by atoms with Crippen LogP contribution in [0.2, 0.25) is 0 Å². The summed E-state index contributed by atoms with van der Waals surface area (Å²) in [6, 6.07) is 9.35. The number of hydrogen-bond donors (Lipinski definition) is 2. The third-order valence-corrected chi connectivity index (χ3v) is 4.84. The van der Waals surface area contributed by atoms with Crippen LogP contribution < -0.4 is 10.6 Å². The maximum atomic E-state index is 14.9. The van der Waals surface area contributed by atoms with E-state index < -0.39 is 0 Å². The summed E-state index contributed by atoms with van der Waals surface area (Å²) in [6.07, 6.45) is 3.95. The molecule has 0 heterocycles. The first-order valence-corrected chi connectivity index (χ1v) is 10.4. The van der Waals surface area contributed by atoms with Crippen molar-refractivity contribution in [3.05, 3.63) is 70.1 Å². The highest BCUT2D eigenvalue weighted by molar-refractivity contribution is 5.97. The van der Waals surface area contributed by atoms with Gasteiger partial charge in [0, 0.05) is 29.4 Å². The molecule has 2 aromatic rings. The topological polar surface area (TPSA) is 41.1 Å². The Bertz CT molecular complexity index is 983. The molecule has 3 nitrogen and oxygen atoms in total. The van der Waals surface area contributed by atoms with Crippen LogP contribution in [-0.2, 0) is 4.79 Å². The molecule has 30 heavy (non-hydrogen) atoms. The molecule has 0 aliphatic rings. The van der Waals surface area contributed by atoms with Gasteiger partial charge in [-0.3, -0.25) is 4.79 Å². The van der Waals surface area contributed by atoms with E-state index in [1.165, 1.54) is 11.6 Å². The van der Waals surface area contributed by atoms with Crippen molar-refractivity contribution in [2.45, 2.75) is 54.5 Å². The highest BCUT2D eigenvalue weighted by atomic mass is 19.1. The van der Waals surface area contributed by atoms with Gasteiger partial charge in [-0.15, -0.1) is 0 Å². The fourth-order valence-corrected chi connectivity index (χ4v) is 3.18. The van der Waals surface area contributed by atoms with Crippen LogP contribution in [0.25, 0.3) is 17.2 Å². The lowest BCUT2D eigenvalue weighted by molar-refractivity contribution is -0.117. The maximum Gasteiger partial charge on any atom is 0.247 e. The molecule has 0 aliphatic heterocycles. The number of carbonyl (C=O) groups is 1. The van der Waals surface area contributed by atoms with E-state index in [1.807, 2.05) is 71.9 Å². The van der Waals surface area contributed by atoms with E-state index in [1.54, 1.807) is 6.92 Å². The second-order valence-corrected chi connectivity index (χ2v) is 8.34. The first-order valence-electron chi connectivity index (χ1n) is 10.4. The number of rotatable bonds is 7. The molecule has 0 radical (unpaired) electrons. The first-order chi connectivity index (χ1) is 14.1.